The minimum atomic E-state index is -0.533. The van der Waals surface area contributed by atoms with Gasteiger partial charge < -0.3 is 10.1 Å². The first-order chi connectivity index (χ1) is 13.0. The monoisotopic (exact) mass is 384 g/mol. The number of ether oxygens (including phenoxy) is 1. The number of nitrogens with zero attached hydrogens (tertiary/aromatic N) is 1. The number of nitrogens with one attached hydrogen (secondary N) is 1. The quantitative estimate of drug-likeness (QED) is 0.645. The summed E-state index contributed by atoms with van der Waals surface area (Å²) in [5.74, 6) is -2.01. The molecule has 0 atom stereocenters. The summed E-state index contributed by atoms with van der Waals surface area (Å²) in [6.07, 6.45) is 2.59. The average molecular weight is 384 g/mol. The number of hydrogen-bond donors (Lipinski definition) is 1. The molecule has 0 radical (unpaired) electrons. The van der Waals surface area contributed by atoms with Crippen molar-refractivity contribution in [1.82, 2.24) is 4.90 Å². The molecule has 1 N–H and O–H groups in total. The summed E-state index contributed by atoms with van der Waals surface area (Å²) in [5, 5.41) is 3.09. The number of carbonyl (C=O) groups excluding carboxylic acids is 4. The highest BCUT2D eigenvalue weighted by atomic mass is 32.1. The summed E-state index contributed by atoms with van der Waals surface area (Å²) in [4.78, 5) is 51.4. The Morgan fingerprint density at radius 1 is 1.15 bits per heavy atom. The number of benzene rings is 1. The van der Waals surface area contributed by atoms with Crippen LogP contribution in [0.5, 0.6) is 0 Å². The number of fused-ring (bicyclic) bond motifs is 2. The van der Waals surface area contributed by atoms with E-state index in [-0.39, 0.29) is 0 Å². The maximum Gasteiger partial charge on any atom is 0.341 e. The Labute approximate surface area is 158 Å². The van der Waals surface area contributed by atoms with Gasteiger partial charge in [-0.25, -0.2) is 4.79 Å². The molecule has 0 saturated carbocycles. The lowest BCUT2D eigenvalue weighted by Gasteiger charge is -2.13. The third kappa shape index (κ3) is 2.82. The standard InChI is InChI=1S/C19H16N2O5S/c1-26-19(25)15-12-7-4-8-13(12)27-16(15)20-14(22)9-21-17(23)10-5-2-3-6-11(10)18(21)24/h2-3,5-6H,4,7-9H2,1H3,(H,20,22). The van der Waals surface area contributed by atoms with Gasteiger partial charge in [-0.15, -0.1) is 11.3 Å². The smallest absolute Gasteiger partial charge is 0.341 e. The topological polar surface area (TPSA) is 92.8 Å². The van der Waals surface area contributed by atoms with Gasteiger partial charge in [-0.05, 0) is 37.0 Å². The molecule has 7 nitrogen and oxygen atoms in total. The molecular weight excluding hydrogens is 368 g/mol. The van der Waals surface area contributed by atoms with Crippen LogP contribution in [0.2, 0.25) is 0 Å². The number of hydrogen-bond acceptors (Lipinski definition) is 6. The highest BCUT2D eigenvalue weighted by Crippen LogP contribution is 2.39. The van der Waals surface area contributed by atoms with Crippen molar-refractivity contribution in [2.45, 2.75) is 19.3 Å². The van der Waals surface area contributed by atoms with Crippen LogP contribution in [0.15, 0.2) is 24.3 Å². The second-order valence-electron chi connectivity index (χ2n) is 6.34. The molecule has 1 aromatic heterocycles. The summed E-state index contributed by atoms with van der Waals surface area (Å²) >= 11 is 1.35. The molecule has 3 amide bonds. The number of esters is 1. The molecule has 8 heteroatoms. The Morgan fingerprint density at radius 3 is 2.44 bits per heavy atom. The van der Waals surface area contributed by atoms with Gasteiger partial charge in [-0.2, -0.15) is 0 Å². The zero-order valence-electron chi connectivity index (χ0n) is 14.5. The molecule has 1 aromatic carbocycles. The molecule has 27 heavy (non-hydrogen) atoms. The fourth-order valence-corrected chi connectivity index (χ4v) is 4.80. The fraction of sp³-hybridized carbons (Fsp3) is 0.263. The highest BCUT2D eigenvalue weighted by molar-refractivity contribution is 7.17. The Morgan fingerprint density at radius 2 is 1.81 bits per heavy atom. The van der Waals surface area contributed by atoms with Crippen molar-refractivity contribution < 1.29 is 23.9 Å². The van der Waals surface area contributed by atoms with Crippen LogP contribution in [0, 0.1) is 0 Å². The number of rotatable bonds is 4. The summed E-state index contributed by atoms with van der Waals surface area (Å²) in [5.41, 5.74) is 1.88. The summed E-state index contributed by atoms with van der Waals surface area (Å²) in [6, 6.07) is 6.46. The normalized spacial score (nSPS) is 14.9. The van der Waals surface area contributed by atoms with Crippen LogP contribution in [-0.2, 0) is 22.4 Å². The van der Waals surface area contributed by atoms with Gasteiger partial charge in [-0.3, -0.25) is 19.3 Å². The second kappa shape index (κ2) is 6.62. The summed E-state index contributed by atoms with van der Waals surface area (Å²) in [7, 11) is 1.30. The van der Waals surface area contributed by atoms with Gasteiger partial charge in [-0.1, -0.05) is 12.1 Å². The predicted octanol–water partition coefficient (Wildman–Crippen LogP) is 2.26. The van der Waals surface area contributed by atoms with Crippen molar-refractivity contribution in [1.29, 1.82) is 0 Å². The van der Waals surface area contributed by atoms with E-state index in [4.69, 9.17) is 4.74 Å². The molecular formula is C19H16N2O5S. The van der Waals surface area contributed by atoms with Gasteiger partial charge in [0.25, 0.3) is 11.8 Å². The van der Waals surface area contributed by atoms with E-state index < -0.39 is 30.2 Å². The van der Waals surface area contributed by atoms with Crippen LogP contribution < -0.4 is 5.32 Å². The third-order valence-electron chi connectivity index (χ3n) is 4.74. The Hall–Kier alpha value is -3.00. The average Bonchev–Trinajstić information content (AvgIpc) is 3.30. The van der Waals surface area contributed by atoms with Crippen LogP contribution in [0.1, 0.15) is 47.9 Å². The van der Waals surface area contributed by atoms with Crippen molar-refractivity contribution in [3.8, 4) is 0 Å². The predicted molar refractivity (Wildman–Crippen MR) is 98.1 cm³/mol. The molecule has 2 heterocycles. The van der Waals surface area contributed by atoms with E-state index in [0.717, 1.165) is 34.6 Å². The maximum absolute atomic E-state index is 12.5. The van der Waals surface area contributed by atoms with E-state index in [1.807, 2.05) is 0 Å². The molecule has 1 aliphatic heterocycles. The molecule has 4 rings (SSSR count). The van der Waals surface area contributed by atoms with Crippen molar-refractivity contribution in [2.75, 3.05) is 19.0 Å². The lowest BCUT2D eigenvalue weighted by Crippen LogP contribution is -2.37. The van der Waals surface area contributed by atoms with E-state index in [2.05, 4.69) is 5.32 Å². The van der Waals surface area contributed by atoms with E-state index >= 15 is 0 Å². The van der Waals surface area contributed by atoms with Gasteiger partial charge in [0.1, 0.15) is 11.5 Å². The number of carbonyl (C=O) groups is 4. The van der Waals surface area contributed by atoms with Crippen LogP contribution in [0.3, 0.4) is 0 Å². The van der Waals surface area contributed by atoms with Gasteiger partial charge in [0, 0.05) is 4.88 Å². The van der Waals surface area contributed by atoms with E-state index in [9.17, 15) is 19.2 Å². The zero-order valence-corrected chi connectivity index (χ0v) is 15.4. The highest BCUT2D eigenvalue weighted by Gasteiger charge is 2.36. The Kier molecular flexibility index (Phi) is 4.27. The van der Waals surface area contributed by atoms with Crippen LogP contribution >= 0.6 is 11.3 Å². The molecule has 0 fully saturated rings. The van der Waals surface area contributed by atoms with Crippen LogP contribution in [0.4, 0.5) is 5.00 Å². The lowest BCUT2D eigenvalue weighted by atomic mass is 10.1. The maximum atomic E-state index is 12.5. The van der Waals surface area contributed by atoms with Crippen molar-refractivity contribution >= 4 is 40.0 Å². The van der Waals surface area contributed by atoms with Crippen molar-refractivity contribution in [2.24, 2.45) is 0 Å². The lowest BCUT2D eigenvalue weighted by molar-refractivity contribution is -0.116. The first kappa shape index (κ1) is 17.4. The van der Waals surface area contributed by atoms with Gasteiger partial charge in [0.2, 0.25) is 5.91 Å². The SMILES string of the molecule is COC(=O)c1c(NC(=O)CN2C(=O)c3ccccc3C2=O)sc2c1CCC2. The number of anilines is 1. The molecule has 1 aliphatic carbocycles. The molecule has 0 unspecified atom stereocenters. The largest absolute Gasteiger partial charge is 0.465 e. The number of thiophene rings is 1. The Bertz CT molecular complexity index is 959. The first-order valence-electron chi connectivity index (χ1n) is 8.49. The number of amides is 3. The van der Waals surface area contributed by atoms with E-state index in [1.165, 1.54) is 18.4 Å². The molecule has 2 aromatic rings. The second-order valence-corrected chi connectivity index (χ2v) is 7.45. The summed E-state index contributed by atoms with van der Waals surface area (Å²) < 4.78 is 4.85. The minimum Gasteiger partial charge on any atom is -0.465 e. The Balaban J connectivity index is 1.54. The fourth-order valence-electron chi connectivity index (χ4n) is 3.50. The molecule has 2 aliphatic rings. The third-order valence-corrected chi connectivity index (χ3v) is 5.95. The van der Waals surface area contributed by atoms with Gasteiger partial charge in [0.05, 0.1) is 23.8 Å². The molecule has 0 spiro atoms. The van der Waals surface area contributed by atoms with Gasteiger partial charge in [0.15, 0.2) is 0 Å². The van der Waals surface area contributed by atoms with Gasteiger partial charge >= 0.3 is 5.97 Å². The minimum absolute atomic E-state index is 0.292. The molecule has 138 valence electrons. The number of aryl methyl sites for hydroxylation is 1. The van der Waals surface area contributed by atoms with E-state index in [1.54, 1.807) is 24.3 Å². The van der Waals surface area contributed by atoms with Crippen molar-refractivity contribution in [3.05, 3.63) is 51.4 Å². The number of imide groups is 1. The van der Waals surface area contributed by atoms with Crippen molar-refractivity contribution in [3.63, 3.8) is 0 Å². The summed E-state index contributed by atoms with van der Waals surface area (Å²) in [6.45, 7) is -0.407. The van der Waals surface area contributed by atoms with Crippen LogP contribution in [0.25, 0.3) is 0 Å². The van der Waals surface area contributed by atoms with Crippen LogP contribution in [-0.4, -0.2) is 42.2 Å². The van der Waals surface area contributed by atoms with E-state index in [0.29, 0.717) is 21.7 Å². The zero-order chi connectivity index (χ0) is 19.1. The number of methoxy groups -OCH3 is 1. The first-order valence-corrected chi connectivity index (χ1v) is 9.31. The molecule has 0 saturated heterocycles. The molecule has 0 bridgehead atoms.